The summed E-state index contributed by atoms with van der Waals surface area (Å²) >= 11 is 5.99. The van der Waals surface area contributed by atoms with E-state index in [1.54, 1.807) is 24.3 Å². The quantitative estimate of drug-likeness (QED) is 0.349. The fraction of sp³-hybridized carbons (Fsp3) is 0.0870. The molecule has 12 heteroatoms. The van der Waals surface area contributed by atoms with Gasteiger partial charge in [0.25, 0.3) is 10.0 Å². The van der Waals surface area contributed by atoms with Gasteiger partial charge in [0.05, 0.1) is 17.5 Å². The van der Waals surface area contributed by atoms with Crippen LogP contribution >= 0.6 is 11.6 Å². The predicted molar refractivity (Wildman–Crippen MR) is 127 cm³/mol. The maximum Gasteiger partial charge on any atom is 0.416 e. The van der Waals surface area contributed by atoms with Crippen LogP contribution in [0.1, 0.15) is 16.7 Å². The minimum absolute atomic E-state index is 0.0967. The maximum atomic E-state index is 12.9. The fourth-order valence-electron chi connectivity index (χ4n) is 3.13. The van der Waals surface area contributed by atoms with Crippen molar-refractivity contribution in [2.24, 2.45) is 0 Å². The van der Waals surface area contributed by atoms with E-state index in [9.17, 15) is 21.6 Å². The summed E-state index contributed by atoms with van der Waals surface area (Å²) in [7, 11) is -4.01. The second-order valence-electron chi connectivity index (χ2n) is 7.43. The summed E-state index contributed by atoms with van der Waals surface area (Å²) in [4.78, 5) is 1.38. The molecule has 0 fully saturated rings. The van der Waals surface area contributed by atoms with Crippen molar-refractivity contribution < 1.29 is 21.6 Å². The Bertz CT molecular complexity index is 1490. The molecule has 0 saturated carbocycles. The fourth-order valence-corrected chi connectivity index (χ4v) is 4.20. The maximum absolute atomic E-state index is 12.9. The van der Waals surface area contributed by atoms with Crippen molar-refractivity contribution >= 4 is 33.4 Å². The SMILES string of the molecule is O=S(=O)(C=Cc1cccc(C(F)(F)F)c1)Nc1cccc(-c2nnn(Cc3cccc(Cl)c3)n2)c1. The minimum atomic E-state index is -4.52. The molecule has 0 saturated heterocycles. The van der Waals surface area contributed by atoms with Crippen LogP contribution in [0.4, 0.5) is 18.9 Å². The Morgan fingerprint density at radius 1 is 1.00 bits per heavy atom. The first kappa shape index (κ1) is 24.4. The lowest BCUT2D eigenvalue weighted by atomic mass is 10.1. The van der Waals surface area contributed by atoms with E-state index in [1.807, 2.05) is 12.1 Å². The molecule has 0 aliphatic rings. The highest BCUT2D eigenvalue weighted by molar-refractivity contribution is 7.95. The molecule has 0 bridgehead atoms. The van der Waals surface area contributed by atoms with Crippen LogP contribution in [0, 0.1) is 0 Å². The standard InChI is InChI=1S/C23H17ClF3N5O2S/c24-20-8-2-5-17(13-20)15-32-29-22(28-31-32)18-6-3-9-21(14-18)30-35(33,34)11-10-16-4-1-7-19(12-16)23(25,26)27/h1-14,30H,15H2. The average Bonchev–Trinajstić information content (AvgIpc) is 3.26. The molecule has 35 heavy (non-hydrogen) atoms. The number of sulfonamides is 1. The number of hydrogen-bond donors (Lipinski definition) is 1. The van der Waals surface area contributed by atoms with Crippen LogP contribution in [0.25, 0.3) is 17.5 Å². The number of tetrazole rings is 1. The molecule has 1 N–H and O–H groups in total. The zero-order chi connectivity index (χ0) is 25.1. The van der Waals surface area contributed by atoms with Crippen LogP contribution in [0.2, 0.25) is 5.02 Å². The third-order valence-corrected chi connectivity index (χ3v) is 5.95. The molecule has 0 atom stereocenters. The Balaban J connectivity index is 1.47. The number of nitrogens with one attached hydrogen (secondary N) is 1. The molecule has 0 aliphatic heterocycles. The van der Waals surface area contributed by atoms with Gasteiger partial charge in [-0.05, 0) is 58.8 Å². The van der Waals surface area contributed by atoms with Crippen molar-refractivity contribution in [2.45, 2.75) is 12.7 Å². The third-order valence-electron chi connectivity index (χ3n) is 4.70. The number of halogens is 4. The van der Waals surface area contributed by atoms with Crippen molar-refractivity contribution in [1.29, 1.82) is 0 Å². The third kappa shape index (κ3) is 6.67. The first-order valence-electron chi connectivity index (χ1n) is 10.1. The first-order chi connectivity index (χ1) is 16.6. The van der Waals surface area contributed by atoms with E-state index in [4.69, 9.17) is 11.6 Å². The molecule has 7 nitrogen and oxygen atoms in total. The monoisotopic (exact) mass is 519 g/mol. The van der Waals surface area contributed by atoms with Gasteiger partial charge >= 0.3 is 6.18 Å². The molecule has 1 heterocycles. The molecule has 0 radical (unpaired) electrons. The number of benzene rings is 3. The van der Waals surface area contributed by atoms with Crippen molar-refractivity contribution in [1.82, 2.24) is 20.2 Å². The molecule has 0 aliphatic carbocycles. The van der Waals surface area contributed by atoms with E-state index in [2.05, 4.69) is 20.1 Å². The second kappa shape index (κ2) is 9.88. The Morgan fingerprint density at radius 3 is 2.54 bits per heavy atom. The highest BCUT2D eigenvalue weighted by atomic mass is 35.5. The molecule has 0 spiro atoms. The summed E-state index contributed by atoms with van der Waals surface area (Å²) in [6, 6.07) is 17.9. The van der Waals surface area contributed by atoms with Gasteiger partial charge in [-0.2, -0.15) is 18.0 Å². The van der Waals surface area contributed by atoms with Gasteiger partial charge in [0, 0.05) is 16.3 Å². The van der Waals surface area contributed by atoms with Gasteiger partial charge in [0.2, 0.25) is 5.82 Å². The minimum Gasteiger partial charge on any atom is -0.280 e. The molecule has 1 aromatic heterocycles. The molecule has 3 aromatic carbocycles. The summed E-state index contributed by atoms with van der Waals surface area (Å²) in [5, 5.41) is 13.7. The lowest BCUT2D eigenvalue weighted by Gasteiger charge is -2.07. The average molecular weight is 520 g/mol. The lowest BCUT2D eigenvalue weighted by Crippen LogP contribution is -2.09. The van der Waals surface area contributed by atoms with Crippen molar-refractivity contribution in [3.8, 4) is 11.4 Å². The van der Waals surface area contributed by atoms with Gasteiger partial charge in [-0.3, -0.25) is 4.72 Å². The van der Waals surface area contributed by atoms with Crippen LogP contribution in [0.3, 0.4) is 0 Å². The summed E-state index contributed by atoms with van der Waals surface area (Å²) < 4.78 is 65.9. The molecule has 0 amide bonds. The number of aromatic nitrogens is 4. The summed E-state index contributed by atoms with van der Waals surface area (Å²) in [6.45, 7) is 0.347. The smallest absolute Gasteiger partial charge is 0.280 e. The van der Waals surface area contributed by atoms with Crippen molar-refractivity contribution in [3.05, 3.63) is 99.9 Å². The molecule has 0 unspecified atom stereocenters. The Kier molecular flexibility index (Phi) is 6.90. The van der Waals surface area contributed by atoms with E-state index in [-0.39, 0.29) is 17.1 Å². The highest BCUT2D eigenvalue weighted by Crippen LogP contribution is 2.30. The zero-order valence-electron chi connectivity index (χ0n) is 17.8. The van der Waals surface area contributed by atoms with Gasteiger partial charge in [-0.1, -0.05) is 48.0 Å². The largest absolute Gasteiger partial charge is 0.416 e. The van der Waals surface area contributed by atoms with Crippen LogP contribution in [-0.2, 0) is 22.7 Å². The van der Waals surface area contributed by atoms with Gasteiger partial charge in [-0.15, -0.1) is 10.2 Å². The summed E-state index contributed by atoms with van der Waals surface area (Å²) in [5.41, 5.74) is 0.857. The highest BCUT2D eigenvalue weighted by Gasteiger charge is 2.30. The van der Waals surface area contributed by atoms with E-state index >= 15 is 0 Å². The topological polar surface area (TPSA) is 89.8 Å². The molecule has 4 rings (SSSR count). The second-order valence-corrected chi connectivity index (χ2v) is 9.43. The molecule has 180 valence electrons. The Labute approximate surface area is 203 Å². The van der Waals surface area contributed by atoms with E-state index in [0.29, 0.717) is 17.1 Å². The van der Waals surface area contributed by atoms with Crippen LogP contribution in [-0.4, -0.2) is 28.6 Å². The van der Waals surface area contributed by atoms with Gasteiger partial charge < -0.3 is 0 Å². The Morgan fingerprint density at radius 2 is 1.77 bits per heavy atom. The van der Waals surface area contributed by atoms with Crippen LogP contribution in [0.5, 0.6) is 0 Å². The predicted octanol–water partition coefficient (Wildman–Crippen LogP) is 5.47. The Hall–Kier alpha value is -3.70. The molecule has 4 aromatic rings. The number of anilines is 1. The zero-order valence-corrected chi connectivity index (χ0v) is 19.4. The van der Waals surface area contributed by atoms with E-state index in [1.165, 1.54) is 29.1 Å². The summed E-state index contributed by atoms with van der Waals surface area (Å²) in [6.07, 6.45) is -3.43. The number of alkyl halides is 3. The lowest BCUT2D eigenvalue weighted by molar-refractivity contribution is -0.137. The van der Waals surface area contributed by atoms with Crippen LogP contribution < -0.4 is 4.72 Å². The van der Waals surface area contributed by atoms with Crippen molar-refractivity contribution in [2.75, 3.05) is 4.72 Å². The molecular weight excluding hydrogens is 503 g/mol. The van der Waals surface area contributed by atoms with Gasteiger partial charge in [0.15, 0.2) is 0 Å². The van der Waals surface area contributed by atoms with E-state index < -0.39 is 21.8 Å². The first-order valence-corrected chi connectivity index (χ1v) is 12.0. The number of nitrogens with zero attached hydrogens (tertiary/aromatic N) is 4. The van der Waals surface area contributed by atoms with Crippen LogP contribution in [0.15, 0.2) is 78.2 Å². The van der Waals surface area contributed by atoms with Crippen molar-refractivity contribution in [3.63, 3.8) is 0 Å². The normalized spacial score (nSPS) is 12.2. The molecular formula is C23H17ClF3N5O2S. The summed E-state index contributed by atoms with van der Waals surface area (Å²) in [5.74, 6) is 0.285. The van der Waals surface area contributed by atoms with E-state index in [0.717, 1.165) is 29.2 Å². The van der Waals surface area contributed by atoms with Gasteiger partial charge in [-0.25, -0.2) is 8.42 Å². The number of rotatable bonds is 7. The van der Waals surface area contributed by atoms with Gasteiger partial charge in [0.1, 0.15) is 0 Å². The number of hydrogen-bond acceptors (Lipinski definition) is 5.